The van der Waals surface area contributed by atoms with Gasteiger partial charge in [-0.15, -0.1) is 0 Å². The van der Waals surface area contributed by atoms with Crippen molar-refractivity contribution in [2.75, 3.05) is 18.1 Å². The number of carbonyl (C=O) groups is 4. The van der Waals surface area contributed by atoms with E-state index in [-0.39, 0.29) is 51.7 Å². The summed E-state index contributed by atoms with van der Waals surface area (Å²) < 4.78 is 39.3. The van der Waals surface area contributed by atoms with E-state index in [0.717, 1.165) is 18.7 Å². The molecule has 0 unspecified atom stereocenters. The van der Waals surface area contributed by atoms with Gasteiger partial charge in [0.15, 0.2) is 11.2 Å². The third kappa shape index (κ3) is 9.83. The second-order valence-electron chi connectivity index (χ2n) is 11.3. The second kappa shape index (κ2) is 14.7. The van der Waals surface area contributed by atoms with Crippen LogP contribution in [0.5, 0.6) is 11.5 Å². The Hall–Kier alpha value is -2.83. The molecule has 13 nitrogen and oxygen atoms in total. The number of carbonyl (C=O) groups excluding carboxylic acids is 4. The predicted molar refractivity (Wildman–Crippen MR) is 165 cm³/mol. The van der Waals surface area contributed by atoms with Gasteiger partial charge in [-0.25, -0.2) is 4.79 Å². The summed E-state index contributed by atoms with van der Waals surface area (Å²) in [6, 6.07) is 7.03. The van der Waals surface area contributed by atoms with Crippen LogP contribution in [-0.4, -0.2) is 72.2 Å². The van der Waals surface area contributed by atoms with E-state index in [9.17, 15) is 47.9 Å². The molecule has 0 spiro atoms. The zero-order valence-electron chi connectivity index (χ0n) is 25.2. The van der Waals surface area contributed by atoms with Crippen LogP contribution in [0.15, 0.2) is 30.3 Å². The van der Waals surface area contributed by atoms with Crippen LogP contribution >= 0.6 is 27.0 Å². The molecule has 0 atom stereocenters. The van der Waals surface area contributed by atoms with Crippen molar-refractivity contribution in [2.24, 2.45) is 0 Å². The highest BCUT2D eigenvalue weighted by Gasteiger charge is 2.43. The van der Waals surface area contributed by atoms with Crippen molar-refractivity contribution in [3.63, 3.8) is 0 Å². The first-order chi connectivity index (χ1) is 20.8. The Bertz CT molecular complexity index is 1550. The fourth-order valence-electron chi connectivity index (χ4n) is 4.48. The molecule has 2 aromatic carbocycles. The normalized spacial score (nSPS) is 13.4. The average Bonchev–Trinajstić information content (AvgIpc) is 2.89. The van der Waals surface area contributed by atoms with Gasteiger partial charge >= 0.3 is 27.1 Å². The monoisotopic (exact) mass is 686 g/mol. The zero-order chi connectivity index (χ0) is 33.7. The van der Waals surface area contributed by atoms with Gasteiger partial charge in [-0.3, -0.25) is 23.5 Å². The maximum absolute atomic E-state index is 13.8. The van der Waals surface area contributed by atoms with Crippen LogP contribution in [0.25, 0.3) is 0 Å². The fraction of sp³-hybridized carbons (Fsp3) is 0.448. The molecule has 0 saturated carbocycles. The van der Waals surface area contributed by atoms with Crippen molar-refractivity contribution in [1.29, 1.82) is 0 Å². The molecular weight excluding hydrogens is 650 g/mol. The molecule has 0 amide bonds. The Morgan fingerprint density at radius 1 is 0.867 bits per heavy atom. The lowest BCUT2D eigenvalue weighted by Crippen LogP contribution is -2.26. The molecule has 0 fully saturated rings. The molecule has 4 N–H and O–H groups in total. The highest BCUT2D eigenvalue weighted by atomic mass is 32.2. The van der Waals surface area contributed by atoms with Gasteiger partial charge in [-0.1, -0.05) is 25.0 Å². The van der Waals surface area contributed by atoms with Crippen molar-refractivity contribution >= 4 is 50.5 Å². The third-order valence-corrected chi connectivity index (χ3v) is 11.8. The first-order valence-corrected chi connectivity index (χ1v) is 18.5. The summed E-state index contributed by atoms with van der Waals surface area (Å²) in [7, 11) is -9.88. The quantitative estimate of drug-likeness (QED) is 0.0784. The Morgan fingerprint density at radius 3 is 2.09 bits per heavy atom. The van der Waals surface area contributed by atoms with Crippen LogP contribution in [-0.2, 0) is 18.7 Å². The number of benzene rings is 2. The van der Waals surface area contributed by atoms with Gasteiger partial charge in [0.05, 0.1) is 23.3 Å². The first kappa shape index (κ1) is 36.6. The number of unbranched alkanes of at least 4 members (excludes halogenated alkanes) is 3. The molecule has 0 radical (unpaired) electrons. The van der Waals surface area contributed by atoms with Gasteiger partial charge in [-0.05, 0) is 57.6 Å². The zero-order valence-corrected chi connectivity index (χ0v) is 27.8. The summed E-state index contributed by atoms with van der Waals surface area (Å²) >= 11 is 1.05. The number of rotatable bonds is 14. The first-order valence-electron chi connectivity index (χ1n) is 13.9. The summed E-state index contributed by atoms with van der Waals surface area (Å²) in [5.41, 5.74) is -1.08. The molecule has 2 aromatic rings. The van der Waals surface area contributed by atoms with E-state index in [1.807, 2.05) is 0 Å². The van der Waals surface area contributed by atoms with Crippen molar-refractivity contribution in [3.8, 4) is 11.5 Å². The molecule has 246 valence electrons. The van der Waals surface area contributed by atoms with Crippen molar-refractivity contribution < 1.29 is 62.1 Å². The van der Waals surface area contributed by atoms with Crippen LogP contribution in [0.4, 0.5) is 0 Å². The van der Waals surface area contributed by atoms with Crippen LogP contribution in [0.2, 0.25) is 0 Å². The highest BCUT2D eigenvalue weighted by molar-refractivity contribution is 8.00. The van der Waals surface area contributed by atoms with E-state index in [1.165, 1.54) is 18.2 Å². The molecule has 3 rings (SSSR count). The SMILES string of the molecule is CC(=O)Oc1cc(C(=O)OC(C)(C)C)cc2c1C(=O)c1c(OCCCCCCSCC(P(=O)(O)O)P(=O)(O)O)cccc1C2=O. The molecule has 1 aliphatic carbocycles. The lowest BCUT2D eigenvalue weighted by atomic mass is 9.82. The summed E-state index contributed by atoms with van der Waals surface area (Å²) in [5, 5.41) is -2.03. The Morgan fingerprint density at radius 2 is 1.49 bits per heavy atom. The number of hydrogen-bond acceptors (Lipinski definition) is 10. The maximum atomic E-state index is 13.8. The number of esters is 2. The molecule has 45 heavy (non-hydrogen) atoms. The minimum atomic E-state index is -4.94. The van der Waals surface area contributed by atoms with Crippen LogP contribution in [0, 0.1) is 0 Å². The van der Waals surface area contributed by atoms with Gasteiger partial charge in [0.25, 0.3) is 0 Å². The van der Waals surface area contributed by atoms with Gasteiger partial charge in [0.1, 0.15) is 17.1 Å². The molecule has 0 aliphatic heterocycles. The standard InChI is InChI=1S/C29H36O13P2S/c1-17(30)41-22-15-18(28(33)42-29(2,3)4)14-20-25(22)27(32)24-19(26(20)31)10-9-11-21(24)40-12-7-5-6-8-13-45-16-23(43(34,35)36)44(37,38)39/h9-11,14-15,23H,5-8,12-13,16H2,1-4H3,(H2,34,35,36)(H2,37,38,39). The van der Waals surface area contributed by atoms with Crippen molar-refractivity contribution in [3.05, 3.63) is 58.1 Å². The van der Waals surface area contributed by atoms with E-state index in [4.69, 9.17) is 14.2 Å². The van der Waals surface area contributed by atoms with E-state index in [2.05, 4.69) is 0 Å². The largest absolute Gasteiger partial charge is 0.493 e. The summed E-state index contributed by atoms with van der Waals surface area (Å²) in [6.07, 6.45) is 2.60. The summed E-state index contributed by atoms with van der Waals surface area (Å²) in [4.78, 5) is 88.7. The van der Waals surface area contributed by atoms with Crippen LogP contribution < -0.4 is 9.47 Å². The number of hydrogen-bond donors (Lipinski definition) is 4. The lowest BCUT2D eigenvalue weighted by molar-refractivity contribution is -0.131. The smallest absolute Gasteiger partial charge is 0.341 e. The van der Waals surface area contributed by atoms with Crippen LogP contribution in [0.3, 0.4) is 0 Å². The number of ether oxygens (including phenoxy) is 3. The molecule has 0 bridgehead atoms. The van der Waals surface area contributed by atoms with Crippen molar-refractivity contribution in [1.82, 2.24) is 0 Å². The summed E-state index contributed by atoms with van der Waals surface area (Å²) in [5.74, 6) is -2.68. The maximum Gasteiger partial charge on any atom is 0.341 e. The minimum absolute atomic E-state index is 0.00878. The van der Waals surface area contributed by atoms with Crippen LogP contribution in [0.1, 0.15) is 95.6 Å². The second-order valence-corrected chi connectivity index (χ2v) is 16.5. The molecule has 1 aliphatic rings. The van der Waals surface area contributed by atoms with E-state index >= 15 is 0 Å². The topological polar surface area (TPSA) is 211 Å². The molecule has 0 aromatic heterocycles. The van der Waals surface area contributed by atoms with E-state index in [0.29, 0.717) is 31.4 Å². The van der Waals surface area contributed by atoms with Gasteiger partial charge in [-0.2, -0.15) is 11.8 Å². The Kier molecular flexibility index (Phi) is 12.0. The van der Waals surface area contributed by atoms with E-state index in [1.54, 1.807) is 32.9 Å². The molecular formula is C29H36O13P2S. The van der Waals surface area contributed by atoms with Gasteiger partial charge in [0, 0.05) is 23.8 Å². The average molecular weight is 687 g/mol. The Balaban J connectivity index is 1.67. The number of ketones is 2. The fourth-order valence-corrected chi connectivity index (χ4v) is 9.02. The van der Waals surface area contributed by atoms with Gasteiger partial charge in [0.2, 0.25) is 5.78 Å². The minimum Gasteiger partial charge on any atom is -0.493 e. The molecule has 0 heterocycles. The van der Waals surface area contributed by atoms with Gasteiger partial charge < -0.3 is 33.8 Å². The highest BCUT2D eigenvalue weighted by Crippen LogP contribution is 2.60. The third-order valence-electron chi connectivity index (χ3n) is 6.44. The predicted octanol–water partition coefficient (Wildman–Crippen LogP) is 4.70. The number of fused-ring (bicyclic) bond motifs is 2. The molecule has 16 heteroatoms. The Labute approximate surface area is 264 Å². The number of thioether (sulfide) groups is 1. The van der Waals surface area contributed by atoms with Crippen molar-refractivity contribution in [2.45, 2.75) is 64.4 Å². The summed E-state index contributed by atoms with van der Waals surface area (Å²) in [6.45, 7) is 6.35. The molecule has 0 saturated heterocycles. The van der Waals surface area contributed by atoms with E-state index < -0.39 is 49.7 Å². The lowest BCUT2D eigenvalue weighted by Gasteiger charge is -2.24.